The van der Waals surface area contributed by atoms with E-state index in [-0.39, 0.29) is 12.5 Å². The highest BCUT2D eigenvalue weighted by molar-refractivity contribution is 5.92. The average Bonchev–Trinajstić information content (AvgIpc) is 2.48. The first-order valence-corrected chi connectivity index (χ1v) is 5.91. The van der Waals surface area contributed by atoms with Crippen molar-refractivity contribution in [2.24, 2.45) is 5.11 Å². The van der Waals surface area contributed by atoms with E-state index in [1.165, 1.54) is 0 Å². The van der Waals surface area contributed by atoms with Crippen LogP contribution in [0.3, 0.4) is 0 Å². The lowest BCUT2D eigenvalue weighted by Crippen LogP contribution is -2.14. The van der Waals surface area contributed by atoms with Crippen LogP contribution in [-0.2, 0) is 4.79 Å². The molecule has 0 unspecified atom stereocenters. The molecule has 1 N–H and O–H groups in total. The third-order valence-corrected chi connectivity index (χ3v) is 2.39. The van der Waals surface area contributed by atoms with Crippen LogP contribution in [0.2, 0.25) is 0 Å². The van der Waals surface area contributed by atoms with Gasteiger partial charge >= 0.3 is 0 Å². The van der Waals surface area contributed by atoms with Gasteiger partial charge in [-0.1, -0.05) is 23.3 Å². The van der Waals surface area contributed by atoms with Crippen molar-refractivity contribution < 1.29 is 9.53 Å². The smallest absolute Gasteiger partial charge is 0.230 e. The third kappa shape index (κ3) is 4.04. The normalized spacial score (nSPS) is 9.40. The molecule has 0 bridgehead atoms. The zero-order valence-corrected chi connectivity index (χ0v) is 10.6. The van der Waals surface area contributed by atoms with Gasteiger partial charge in [-0.2, -0.15) is 0 Å². The quantitative estimate of drug-likeness (QED) is 0.508. The molecule has 6 heteroatoms. The van der Waals surface area contributed by atoms with Crippen LogP contribution in [0.4, 0.5) is 5.69 Å². The predicted octanol–water partition coefficient (Wildman–Crippen LogP) is 3.73. The number of ether oxygens (including phenoxy) is 1. The lowest BCUT2D eigenvalue weighted by atomic mass is 10.3. The maximum absolute atomic E-state index is 11.3. The minimum atomic E-state index is -0.362. The summed E-state index contributed by atoms with van der Waals surface area (Å²) in [6, 6.07) is 16.3. The maximum atomic E-state index is 11.3. The molecule has 100 valence electrons. The van der Waals surface area contributed by atoms with Gasteiger partial charge in [-0.05, 0) is 41.9 Å². The summed E-state index contributed by atoms with van der Waals surface area (Å²) in [7, 11) is 0. The van der Waals surface area contributed by atoms with E-state index in [2.05, 4.69) is 15.3 Å². The molecule has 0 saturated carbocycles. The number of amides is 1. The van der Waals surface area contributed by atoms with Crippen molar-refractivity contribution in [1.82, 2.24) is 0 Å². The molecule has 0 saturated heterocycles. The minimum Gasteiger partial charge on any atom is -0.457 e. The summed E-state index contributed by atoms with van der Waals surface area (Å²) in [6.45, 7) is -0.223. The number of nitrogens with zero attached hydrogens (tertiary/aromatic N) is 3. The van der Waals surface area contributed by atoms with E-state index >= 15 is 0 Å². The van der Waals surface area contributed by atoms with Gasteiger partial charge < -0.3 is 10.1 Å². The number of para-hydroxylation sites is 1. The van der Waals surface area contributed by atoms with E-state index in [0.29, 0.717) is 11.4 Å². The van der Waals surface area contributed by atoms with Crippen LogP contribution in [0, 0.1) is 0 Å². The molecule has 0 radical (unpaired) electrons. The van der Waals surface area contributed by atoms with Crippen molar-refractivity contribution >= 4 is 11.6 Å². The number of nitrogens with one attached hydrogen (secondary N) is 1. The van der Waals surface area contributed by atoms with E-state index in [0.717, 1.165) is 5.75 Å². The van der Waals surface area contributed by atoms with Crippen LogP contribution < -0.4 is 10.1 Å². The molecule has 0 aliphatic heterocycles. The molecule has 0 aliphatic carbocycles. The van der Waals surface area contributed by atoms with Crippen molar-refractivity contribution in [2.45, 2.75) is 0 Å². The van der Waals surface area contributed by atoms with E-state index in [4.69, 9.17) is 10.3 Å². The van der Waals surface area contributed by atoms with Crippen LogP contribution in [-0.4, -0.2) is 12.5 Å². The molecular weight excluding hydrogens is 256 g/mol. The molecule has 0 fully saturated rings. The lowest BCUT2D eigenvalue weighted by Gasteiger charge is -2.07. The van der Waals surface area contributed by atoms with Gasteiger partial charge in [-0.15, -0.1) is 0 Å². The van der Waals surface area contributed by atoms with Crippen molar-refractivity contribution in [1.29, 1.82) is 0 Å². The number of carbonyl (C=O) groups excluding carboxylic acids is 1. The molecule has 0 aromatic heterocycles. The van der Waals surface area contributed by atoms with Crippen molar-refractivity contribution in [2.75, 3.05) is 11.9 Å². The molecule has 0 aliphatic rings. The standard InChI is InChI=1S/C14H12N4O2/c15-18-16-10-14(19)17-11-6-8-13(9-7-11)20-12-4-2-1-3-5-12/h1-9H,10H2,(H,17,19). The van der Waals surface area contributed by atoms with Crippen LogP contribution in [0.25, 0.3) is 10.4 Å². The Morgan fingerprint density at radius 1 is 1.10 bits per heavy atom. The Morgan fingerprint density at radius 2 is 1.75 bits per heavy atom. The first-order chi connectivity index (χ1) is 9.78. The van der Waals surface area contributed by atoms with Crippen LogP contribution in [0.1, 0.15) is 0 Å². The summed E-state index contributed by atoms with van der Waals surface area (Å²) in [4.78, 5) is 13.9. The molecule has 2 aromatic rings. The second-order valence-corrected chi connectivity index (χ2v) is 3.88. The Balaban J connectivity index is 1.96. The molecular formula is C14H12N4O2. The number of anilines is 1. The third-order valence-electron chi connectivity index (χ3n) is 2.39. The molecule has 0 heterocycles. The Kier molecular flexibility index (Phi) is 4.59. The van der Waals surface area contributed by atoms with Crippen molar-refractivity contribution in [3.63, 3.8) is 0 Å². The first kappa shape index (κ1) is 13.5. The van der Waals surface area contributed by atoms with Crippen molar-refractivity contribution in [3.8, 4) is 11.5 Å². The van der Waals surface area contributed by atoms with E-state index in [1.54, 1.807) is 24.3 Å². The summed E-state index contributed by atoms with van der Waals surface area (Å²) < 4.78 is 5.62. The number of hydrogen-bond acceptors (Lipinski definition) is 3. The summed E-state index contributed by atoms with van der Waals surface area (Å²) in [6.07, 6.45) is 0. The van der Waals surface area contributed by atoms with Gasteiger partial charge in [0.05, 0.1) is 0 Å². The SMILES string of the molecule is [N-]=[N+]=NCC(=O)Nc1ccc(Oc2ccccc2)cc1. The minimum absolute atomic E-state index is 0.223. The zero-order chi connectivity index (χ0) is 14.2. The highest BCUT2D eigenvalue weighted by Crippen LogP contribution is 2.22. The van der Waals surface area contributed by atoms with Gasteiger partial charge in [0.2, 0.25) is 5.91 Å². The number of benzene rings is 2. The predicted molar refractivity (Wildman–Crippen MR) is 75.6 cm³/mol. The van der Waals surface area contributed by atoms with E-state index < -0.39 is 0 Å². The summed E-state index contributed by atoms with van der Waals surface area (Å²) in [5.41, 5.74) is 8.73. The zero-order valence-electron chi connectivity index (χ0n) is 10.6. The summed E-state index contributed by atoms with van der Waals surface area (Å²) in [5, 5.41) is 5.79. The van der Waals surface area contributed by atoms with E-state index in [1.807, 2.05) is 30.3 Å². The molecule has 20 heavy (non-hydrogen) atoms. The van der Waals surface area contributed by atoms with Gasteiger partial charge in [0, 0.05) is 10.6 Å². The molecule has 2 aromatic carbocycles. The fourth-order valence-corrected chi connectivity index (χ4v) is 1.53. The Morgan fingerprint density at radius 3 is 2.40 bits per heavy atom. The molecule has 0 atom stereocenters. The van der Waals surface area contributed by atoms with Crippen LogP contribution in [0.5, 0.6) is 11.5 Å². The fourth-order valence-electron chi connectivity index (χ4n) is 1.53. The summed E-state index contributed by atoms with van der Waals surface area (Å²) >= 11 is 0. The van der Waals surface area contributed by atoms with E-state index in [9.17, 15) is 4.79 Å². The maximum Gasteiger partial charge on any atom is 0.230 e. The van der Waals surface area contributed by atoms with Crippen LogP contribution >= 0.6 is 0 Å². The largest absolute Gasteiger partial charge is 0.457 e. The van der Waals surface area contributed by atoms with Gasteiger partial charge in [0.25, 0.3) is 0 Å². The molecule has 0 spiro atoms. The van der Waals surface area contributed by atoms with Crippen LogP contribution in [0.15, 0.2) is 59.7 Å². The second-order valence-electron chi connectivity index (χ2n) is 3.88. The van der Waals surface area contributed by atoms with Gasteiger partial charge in [-0.25, -0.2) is 0 Å². The average molecular weight is 268 g/mol. The van der Waals surface area contributed by atoms with Crippen molar-refractivity contribution in [3.05, 3.63) is 65.0 Å². The van der Waals surface area contributed by atoms with Gasteiger partial charge in [-0.3, -0.25) is 4.79 Å². The number of hydrogen-bond donors (Lipinski definition) is 1. The number of rotatable bonds is 5. The lowest BCUT2D eigenvalue weighted by molar-refractivity contribution is -0.114. The molecule has 6 nitrogen and oxygen atoms in total. The highest BCUT2D eigenvalue weighted by atomic mass is 16.5. The second kappa shape index (κ2) is 6.82. The highest BCUT2D eigenvalue weighted by Gasteiger charge is 2.01. The molecule has 1 amide bonds. The van der Waals surface area contributed by atoms with Gasteiger partial charge in [0.1, 0.15) is 18.0 Å². The Labute approximate surface area is 115 Å². The number of azide groups is 1. The first-order valence-electron chi connectivity index (χ1n) is 5.91. The van der Waals surface area contributed by atoms with Gasteiger partial charge in [0.15, 0.2) is 0 Å². The Hall–Kier alpha value is -2.98. The Bertz CT molecular complexity index is 619. The summed E-state index contributed by atoms with van der Waals surface area (Å²) in [5.74, 6) is 1.05. The topological polar surface area (TPSA) is 87.1 Å². The fraction of sp³-hybridized carbons (Fsp3) is 0.0714. The monoisotopic (exact) mass is 268 g/mol. The molecule has 2 rings (SSSR count). The number of carbonyl (C=O) groups is 1.